The minimum absolute atomic E-state index is 0.124. The lowest BCUT2D eigenvalue weighted by Crippen LogP contribution is -2.36. The van der Waals surface area contributed by atoms with Crippen molar-refractivity contribution < 1.29 is 35.2 Å². The predicted octanol–water partition coefficient (Wildman–Crippen LogP) is 3.64. The van der Waals surface area contributed by atoms with Crippen molar-refractivity contribution in [1.29, 1.82) is 0 Å². The van der Waals surface area contributed by atoms with E-state index in [1.54, 1.807) is 0 Å². The van der Waals surface area contributed by atoms with Crippen LogP contribution in [0.4, 0.5) is 32.2 Å². The first-order valence-corrected chi connectivity index (χ1v) is 10.9. The Bertz CT molecular complexity index is 1750. The van der Waals surface area contributed by atoms with Crippen LogP contribution in [0.5, 0.6) is 0 Å². The van der Waals surface area contributed by atoms with Gasteiger partial charge in [-0.05, 0) is 24.6 Å². The molecular weight excluding hydrogens is 520 g/mol. The quantitative estimate of drug-likeness (QED) is 0.373. The summed E-state index contributed by atoms with van der Waals surface area (Å²) in [5.41, 5.74) is -3.08. The maximum Gasteiger partial charge on any atom is 0.453 e. The molecule has 1 amide bonds. The van der Waals surface area contributed by atoms with Crippen LogP contribution in [0.3, 0.4) is 0 Å². The molecule has 0 bridgehead atoms. The SMILES string of the molecule is [2H]C([2H])([2H])n1ncc2c(-c3nc4c(c(=O)[nH]3)C(C)(c3ccc(F)cc3)C(=O)N4)nc(CCC(F)(F)C(F)(F)F)nc21. The van der Waals surface area contributed by atoms with Crippen molar-refractivity contribution in [2.75, 3.05) is 5.32 Å². The third-order valence-electron chi connectivity index (χ3n) is 6.30. The van der Waals surface area contributed by atoms with Gasteiger partial charge in [0.2, 0.25) is 5.91 Å². The van der Waals surface area contributed by atoms with E-state index in [4.69, 9.17) is 4.11 Å². The van der Waals surface area contributed by atoms with Gasteiger partial charge in [-0.25, -0.2) is 19.3 Å². The smallest absolute Gasteiger partial charge is 0.309 e. The molecular formula is C23H17F6N7O2. The molecule has 3 aromatic heterocycles. The number of anilines is 1. The summed E-state index contributed by atoms with van der Waals surface area (Å²) < 4.78 is 102. The maximum atomic E-state index is 13.6. The number of carbonyl (C=O) groups excluding carboxylic acids is 1. The van der Waals surface area contributed by atoms with Crippen molar-refractivity contribution in [1.82, 2.24) is 29.7 Å². The van der Waals surface area contributed by atoms with Crippen LogP contribution in [0, 0.1) is 5.82 Å². The number of benzene rings is 1. The van der Waals surface area contributed by atoms with Gasteiger partial charge in [0, 0.05) is 23.9 Å². The van der Waals surface area contributed by atoms with Crippen molar-refractivity contribution in [3.8, 4) is 11.5 Å². The van der Waals surface area contributed by atoms with Gasteiger partial charge in [0.05, 0.1) is 17.1 Å². The Balaban J connectivity index is 1.66. The zero-order chi connectivity index (χ0) is 30.1. The first-order chi connectivity index (χ1) is 18.9. The first kappa shape index (κ1) is 21.8. The molecule has 1 aromatic carbocycles. The van der Waals surface area contributed by atoms with Crippen molar-refractivity contribution >= 4 is 22.8 Å². The van der Waals surface area contributed by atoms with E-state index in [1.807, 2.05) is 0 Å². The maximum absolute atomic E-state index is 13.6. The van der Waals surface area contributed by atoms with E-state index in [9.17, 15) is 35.9 Å². The van der Waals surface area contributed by atoms with E-state index < -0.39 is 66.1 Å². The average molecular weight is 540 g/mol. The molecule has 5 rings (SSSR count). The Kier molecular flexibility index (Phi) is 4.79. The zero-order valence-corrected chi connectivity index (χ0v) is 19.1. The molecule has 0 saturated heterocycles. The normalized spacial score (nSPS) is 19.1. The van der Waals surface area contributed by atoms with Gasteiger partial charge in [0.25, 0.3) is 5.56 Å². The van der Waals surface area contributed by atoms with Crippen molar-refractivity contribution in [3.05, 3.63) is 63.6 Å². The summed E-state index contributed by atoms with van der Waals surface area (Å²) in [5, 5.41) is 6.06. The van der Waals surface area contributed by atoms with E-state index in [0.717, 1.165) is 18.3 Å². The number of fused-ring (bicyclic) bond motifs is 2. The molecule has 1 aliphatic heterocycles. The highest BCUT2D eigenvalue weighted by molar-refractivity contribution is 6.07. The van der Waals surface area contributed by atoms with Gasteiger partial charge in [-0.3, -0.25) is 14.3 Å². The number of halogens is 6. The second-order valence-corrected chi connectivity index (χ2v) is 8.71. The van der Waals surface area contributed by atoms with E-state index in [-0.39, 0.29) is 33.8 Å². The Morgan fingerprint density at radius 1 is 1.08 bits per heavy atom. The predicted molar refractivity (Wildman–Crippen MR) is 121 cm³/mol. The second kappa shape index (κ2) is 8.36. The Morgan fingerprint density at radius 2 is 1.79 bits per heavy atom. The third kappa shape index (κ3) is 3.88. The van der Waals surface area contributed by atoms with Crippen molar-refractivity contribution in [2.45, 2.75) is 37.3 Å². The zero-order valence-electron chi connectivity index (χ0n) is 22.1. The molecule has 0 spiro atoms. The van der Waals surface area contributed by atoms with Gasteiger partial charge in [0.1, 0.15) is 28.6 Å². The van der Waals surface area contributed by atoms with Crippen LogP contribution in [0.1, 0.15) is 34.4 Å². The number of nitrogens with one attached hydrogen (secondary N) is 2. The van der Waals surface area contributed by atoms with Crippen LogP contribution in [0.15, 0.2) is 35.3 Å². The number of amides is 1. The number of aromatic nitrogens is 6. The standard InChI is InChI=1S/C23H17F6N7O2/c1-21(10-3-5-11(24)6-4-10)14-16(35-20(21)38)33-17(34-19(14)37)15-12-9-30-36(2)18(12)32-13(31-15)7-8-22(25,26)23(27,28)29/h3-6,9H,7-8H2,1-2H3,(H2,33,34,35,37,38)/i2D3. The summed E-state index contributed by atoms with van der Waals surface area (Å²) in [7, 11) is 0. The van der Waals surface area contributed by atoms with Crippen LogP contribution >= 0.6 is 0 Å². The monoisotopic (exact) mass is 540 g/mol. The number of aromatic amines is 1. The highest BCUT2D eigenvalue weighted by Crippen LogP contribution is 2.41. The first-order valence-electron chi connectivity index (χ1n) is 12.4. The van der Waals surface area contributed by atoms with Crippen LogP contribution in [-0.2, 0) is 23.6 Å². The van der Waals surface area contributed by atoms with Crippen molar-refractivity contribution in [3.63, 3.8) is 0 Å². The molecule has 38 heavy (non-hydrogen) atoms. The molecule has 1 unspecified atom stereocenters. The number of alkyl halides is 5. The molecule has 0 aliphatic carbocycles. The largest absolute Gasteiger partial charge is 0.453 e. The molecule has 4 aromatic rings. The Morgan fingerprint density at radius 3 is 2.45 bits per heavy atom. The van der Waals surface area contributed by atoms with Gasteiger partial charge in [-0.15, -0.1) is 0 Å². The molecule has 9 nitrogen and oxygen atoms in total. The molecule has 1 atom stereocenters. The number of H-pyrrole nitrogens is 1. The molecule has 4 heterocycles. The van der Waals surface area contributed by atoms with Gasteiger partial charge in [-0.2, -0.15) is 27.1 Å². The summed E-state index contributed by atoms with van der Waals surface area (Å²) in [6.07, 6.45) is -7.62. The number of carbonyl (C=O) groups is 1. The molecule has 2 N–H and O–H groups in total. The minimum Gasteiger partial charge on any atom is -0.309 e. The van der Waals surface area contributed by atoms with E-state index in [0.29, 0.717) is 4.68 Å². The topological polar surface area (TPSA) is 118 Å². The van der Waals surface area contributed by atoms with Crippen LogP contribution in [0.25, 0.3) is 22.6 Å². The van der Waals surface area contributed by atoms with E-state index in [1.165, 1.54) is 19.1 Å². The highest BCUT2D eigenvalue weighted by atomic mass is 19.4. The molecule has 1 aliphatic rings. The summed E-state index contributed by atoms with van der Waals surface area (Å²) in [6, 6.07) is 4.84. The fourth-order valence-corrected chi connectivity index (χ4v) is 4.20. The second-order valence-electron chi connectivity index (χ2n) is 8.71. The lowest BCUT2D eigenvalue weighted by Gasteiger charge is -2.21. The van der Waals surface area contributed by atoms with Crippen LogP contribution < -0.4 is 10.9 Å². The number of rotatable bonds is 5. The molecule has 0 saturated carbocycles. The lowest BCUT2D eigenvalue weighted by molar-refractivity contribution is -0.284. The third-order valence-corrected chi connectivity index (χ3v) is 6.30. The summed E-state index contributed by atoms with van der Waals surface area (Å²) in [5.74, 6) is -7.55. The number of hydrogen-bond acceptors (Lipinski definition) is 6. The van der Waals surface area contributed by atoms with Gasteiger partial charge < -0.3 is 10.3 Å². The molecule has 0 fully saturated rings. The van der Waals surface area contributed by atoms with Gasteiger partial charge in [0.15, 0.2) is 11.5 Å². The highest BCUT2D eigenvalue weighted by Gasteiger charge is 2.56. The Hall–Kier alpha value is -4.30. The van der Waals surface area contributed by atoms with Crippen LogP contribution in [-0.4, -0.2) is 47.7 Å². The summed E-state index contributed by atoms with van der Waals surface area (Å²) >= 11 is 0. The molecule has 15 heteroatoms. The summed E-state index contributed by atoms with van der Waals surface area (Å²) in [4.78, 5) is 40.8. The van der Waals surface area contributed by atoms with E-state index in [2.05, 4.69) is 30.4 Å². The molecule has 0 radical (unpaired) electrons. The van der Waals surface area contributed by atoms with Crippen LogP contribution in [0.2, 0.25) is 0 Å². The van der Waals surface area contributed by atoms with Gasteiger partial charge >= 0.3 is 12.1 Å². The number of hydrogen-bond donors (Lipinski definition) is 2. The minimum atomic E-state index is -5.84. The van der Waals surface area contributed by atoms with Gasteiger partial charge in [-0.1, -0.05) is 12.1 Å². The fraction of sp³-hybridized carbons (Fsp3) is 0.304. The number of nitrogens with zero attached hydrogens (tertiary/aromatic N) is 5. The average Bonchev–Trinajstić information content (AvgIpc) is 3.41. The van der Waals surface area contributed by atoms with Crippen molar-refractivity contribution in [2.24, 2.45) is 6.98 Å². The molecule has 198 valence electrons. The Labute approximate surface area is 213 Å². The number of aryl methyl sites for hydroxylation is 2. The lowest BCUT2D eigenvalue weighted by atomic mass is 9.78. The van der Waals surface area contributed by atoms with E-state index >= 15 is 0 Å². The summed E-state index contributed by atoms with van der Waals surface area (Å²) in [6.45, 7) is -1.51. The fourth-order valence-electron chi connectivity index (χ4n) is 4.20.